The van der Waals surface area contributed by atoms with E-state index < -0.39 is 0 Å². The Morgan fingerprint density at radius 3 is 2.52 bits per heavy atom. The Kier molecular flexibility index (Phi) is 5.20. The minimum absolute atomic E-state index is 0.0600. The molecule has 1 atom stereocenters. The van der Waals surface area contributed by atoms with E-state index >= 15 is 0 Å². The third-order valence-corrected chi connectivity index (χ3v) is 4.90. The van der Waals surface area contributed by atoms with Crippen LogP contribution in [0.2, 0.25) is 0 Å². The highest BCUT2D eigenvalue weighted by Gasteiger charge is 2.26. The van der Waals surface area contributed by atoms with Crippen molar-refractivity contribution in [3.63, 3.8) is 0 Å². The predicted molar refractivity (Wildman–Crippen MR) is 95.1 cm³/mol. The van der Waals surface area contributed by atoms with Gasteiger partial charge in [0.15, 0.2) is 0 Å². The van der Waals surface area contributed by atoms with Crippen LogP contribution in [0, 0.1) is 18.3 Å². The van der Waals surface area contributed by atoms with E-state index in [1.165, 1.54) is 5.56 Å². The molecule has 25 heavy (non-hydrogen) atoms. The van der Waals surface area contributed by atoms with Crippen molar-refractivity contribution in [2.75, 3.05) is 13.1 Å². The molecule has 2 heterocycles. The van der Waals surface area contributed by atoms with E-state index in [4.69, 9.17) is 9.68 Å². The van der Waals surface area contributed by atoms with Gasteiger partial charge in [-0.25, -0.2) is 0 Å². The van der Waals surface area contributed by atoms with Gasteiger partial charge in [-0.15, -0.1) is 0 Å². The lowest BCUT2D eigenvalue weighted by Crippen LogP contribution is -2.45. The molecule has 1 amide bonds. The number of amides is 1. The number of hydrogen-bond acceptors (Lipinski definition) is 4. The molecule has 1 aromatic heterocycles. The van der Waals surface area contributed by atoms with Crippen molar-refractivity contribution in [2.24, 2.45) is 0 Å². The Morgan fingerprint density at radius 2 is 1.96 bits per heavy atom. The fourth-order valence-electron chi connectivity index (χ4n) is 3.32. The minimum Gasteiger partial charge on any atom is -0.469 e. The van der Waals surface area contributed by atoms with Crippen molar-refractivity contribution in [1.29, 1.82) is 5.26 Å². The molecule has 2 aromatic rings. The van der Waals surface area contributed by atoms with Gasteiger partial charge in [0.2, 0.25) is 0 Å². The van der Waals surface area contributed by atoms with Crippen LogP contribution < -0.4 is 5.32 Å². The van der Waals surface area contributed by atoms with Crippen LogP contribution in [0.1, 0.15) is 53.1 Å². The van der Waals surface area contributed by atoms with Crippen LogP contribution in [0.5, 0.6) is 0 Å². The van der Waals surface area contributed by atoms with Gasteiger partial charge in [-0.1, -0.05) is 12.1 Å². The fraction of sp³-hybridized carbons (Fsp3) is 0.400. The molecule has 1 aliphatic heterocycles. The first-order valence-electron chi connectivity index (χ1n) is 8.68. The number of carbonyl (C=O) groups excluding carboxylic acids is 1. The van der Waals surface area contributed by atoms with Gasteiger partial charge in [0.1, 0.15) is 5.76 Å². The third kappa shape index (κ3) is 3.92. The highest BCUT2D eigenvalue weighted by molar-refractivity contribution is 5.95. The number of nitriles is 1. The molecular weight excluding hydrogens is 314 g/mol. The van der Waals surface area contributed by atoms with Gasteiger partial charge < -0.3 is 14.6 Å². The van der Waals surface area contributed by atoms with Gasteiger partial charge in [-0.2, -0.15) is 5.26 Å². The fourth-order valence-corrected chi connectivity index (χ4v) is 3.32. The number of rotatable bonds is 4. The average Bonchev–Trinajstić information content (AvgIpc) is 3.07. The Balaban J connectivity index is 1.53. The Labute approximate surface area is 148 Å². The molecule has 1 aromatic carbocycles. The van der Waals surface area contributed by atoms with Crippen LogP contribution in [-0.2, 0) is 0 Å². The van der Waals surface area contributed by atoms with Gasteiger partial charge in [0.05, 0.1) is 23.5 Å². The molecule has 5 heteroatoms. The van der Waals surface area contributed by atoms with Crippen LogP contribution in [-0.4, -0.2) is 29.9 Å². The van der Waals surface area contributed by atoms with E-state index in [0.29, 0.717) is 22.9 Å². The first-order chi connectivity index (χ1) is 12.1. The standard InChI is InChI=1S/C20H23N3O2/c1-14(17-5-3-16(13-21)4-6-17)22-18-7-10-23(11-8-18)20(24)19-9-12-25-15(19)2/h3-6,9,12,14,18,22H,7-8,10-11H2,1-2H3. The molecule has 1 saturated heterocycles. The quantitative estimate of drug-likeness (QED) is 0.928. The van der Waals surface area contributed by atoms with Gasteiger partial charge in [-0.05, 0) is 50.5 Å². The molecule has 0 radical (unpaired) electrons. The second-order valence-electron chi connectivity index (χ2n) is 6.58. The van der Waals surface area contributed by atoms with Crippen LogP contribution in [0.4, 0.5) is 0 Å². The summed E-state index contributed by atoms with van der Waals surface area (Å²) in [6, 6.07) is 12.2. The zero-order valence-corrected chi connectivity index (χ0v) is 14.7. The summed E-state index contributed by atoms with van der Waals surface area (Å²) in [4.78, 5) is 14.4. The van der Waals surface area contributed by atoms with Gasteiger partial charge >= 0.3 is 0 Å². The van der Waals surface area contributed by atoms with Crippen LogP contribution >= 0.6 is 0 Å². The topological polar surface area (TPSA) is 69.3 Å². The lowest BCUT2D eigenvalue weighted by molar-refractivity contribution is 0.0700. The maximum absolute atomic E-state index is 12.5. The molecule has 130 valence electrons. The number of benzene rings is 1. The number of hydrogen-bond donors (Lipinski definition) is 1. The highest BCUT2D eigenvalue weighted by Crippen LogP contribution is 2.20. The Bertz CT molecular complexity index is 765. The number of nitrogens with one attached hydrogen (secondary N) is 1. The van der Waals surface area contributed by atoms with E-state index in [0.717, 1.165) is 25.9 Å². The molecular formula is C20H23N3O2. The Hall–Kier alpha value is -2.58. The van der Waals surface area contributed by atoms with Gasteiger partial charge in [0, 0.05) is 25.2 Å². The van der Waals surface area contributed by atoms with Gasteiger partial charge in [0.25, 0.3) is 5.91 Å². The first kappa shape index (κ1) is 17.2. The largest absolute Gasteiger partial charge is 0.469 e. The van der Waals surface area contributed by atoms with E-state index in [9.17, 15) is 4.79 Å². The second-order valence-corrected chi connectivity index (χ2v) is 6.58. The molecule has 5 nitrogen and oxygen atoms in total. The SMILES string of the molecule is Cc1occc1C(=O)N1CCC(NC(C)c2ccc(C#N)cc2)CC1. The summed E-state index contributed by atoms with van der Waals surface area (Å²) in [5.41, 5.74) is 2.51. The molecule has 0 spiro atoms. The summed E-state index contributed by atoms with van der Waals surface area (Å²) in [6.07, 6.45) is 3.43. The zero-order chi connectivity index (χ0) is 17.8. The summed E-state index contributed by atoms with van der Waals surface area (Å²) < 4.78 is 5.24. The van der Waals surface area contributed by atoms with Crippen molar-refractivity contribution in [1.82, 2.24) is 10.2 Å². The first-order valence-corrected chi connectivity index (χ1v) is 8.68. The van der Waals surface area contributed by atoms with Crippen LogP contribution in [0.3, 0.4) is 0 Å². The van der Waals surface area contributed by atoms with E-state index in [2.05, 4.69) is 18.3 Å². The minimum atomic E-state index is 0.0600. The van der Waals surface area contributed by atoms with Crippen molar-refractivity contribution < 1.29 is 9.21 Å². The summed E-state index contributed by atoms with van der Waals surface area (Å²) >= 11 is 0. The predicted octanol–water partition coefficient (Wildman–Crippen LogP) is 3.42. The average molecular weight is 337 g/mol. The lowest BCUT2D eigenvalue weighted by Gasteiger charge is -2.34. The summed E-state index contributed by atoms with van der Waals surface area (Å²) in [7, 11) is 0. The lowest BCUT2D eigenvalue weighted by atomic mass is 10.0. The highest BCUT2D eigenvalue weighted by atomic mass is 16.3. The molecule has 1 N–H and O–H groups in total. The monoisotopic (exact) mass is 337 g/mol. The molecule has 0 aliphatic carbocycles. The maximum atomic E-state index is 12.5. The second kappa shape index (κ2) is 7.54. The number of carbonyl (C=O) groups is 1. The smallest absolute Gasteiger partial charge is 0.257 e. The molecule has 0 bridgehead atoms. The number of likely N-dealkylation sites (tertiary alicyclic amines) is 1. The van der Waals surface area contributed by atoms with E-state index in [1.807, 2.05) is 36.1 Å². The Morgan fingerprint density at radius 1 is 1.28 bits per heavy atom. The summed E-state index contributed by atoms with van der Waals surface area (Å²) in [6.45, 7) is 5.46. The molecule has 1 fully saturated rings. The normalized spacial score (nSPS) is 16.4. The van der Waals surface area contributed by atoms with Crippen molar-refractivity contribution >= 4 is 5.91 Å². The van der Waals surface area contributed by atoms with Crippen molar-refractivity contribution in [2.45, 2.75) is 38.8 Å². The van der Waals surface area contributed by atoms with Crippen molar-refractivity contribution in [3.8, 4) is 6.07 Å². The zero-order valence-electron chi connectivity index (χ0n) is 14.7. The van der Waals surface area contributed by atoms with E-state index in [1.54, 1.807) is 12.3 Å². The van der Waals surface area contributed by atoms with Crippen LogP contribution in [0.25, 0.3) is 0 Å². The summed E-state index contributed by atoms with van der Waals surface area (Å²) in [5.74, 6) is 0.740. The third-order valence-electron chi connectivity index (χ3n) is 4.90. The molecule has 1 unspecified atom stereocenters. The number of aryl methyl sites for hydroxylation is 1. The van der Waals surface area contributed by atoms with E-state index in [-0.39, 0.29) is 11.9 Å². The molecule has 3 rings (SSSR count). The molecule has 0 saturated carbocycles. The number of furan rings is 1. The summed E-state index contributed by atoms with van der Waals surface area (Å²) in [5, 5.41) is 12.5. The van der Waals surface area contributed by atoms with Crippen molar-refractivity contribution in [3.05, 3.63) is 59.0 Å². The van der Waals surface area contributed by atoms with Crippen LogP contribution in [0.15, 0.2) is 41.0 Å². The van der Waals surface area contributed by atoms with Gasteiger partial charge in [-0.3, -0.25) is 4.79 Å². The number of nitrogens with zero attached hydrogens (tertiary/aromatic N) is 2. The molecule has 1 aliphatic rings. The maximum Gasteiger partial charge on any atom is 0.257 e. The number of piperidine rings is 1.